The molecule has 1 aliphatic rings. The normalized spacial score (nSPS) is 16.2. The Bertz CT molecular complexity index is 695. The zero-order valence-corrected chi connectivity index (χ0v) is 14.6. The molecule has 0 amide bonds. The number of anilines is 2. The van der Waals surface area contributed by atoms with Crippen molar-refractivity contribution in [1.82, 2.24) is 14.9 Å². The second-order valence-electron chi connectivity index (χ2n) is 6.25. The van der Waals surface area contributed by atoms with Crippen LogP contribution in [0.4, 0.5) is 10.9 Å². The molecule has 0 atom stereocenters. The summed E-state index contributed by atoms with van der Waals surface area (Å²) in [4.78, 5) is 21.9. The van der Waals surface area contributed by atoms with Crippen LogP contribution in [0.5, 0.6) is 0 Å². The van der Waals surface area contributed by atoms with Crippen LogP contribution in [0.1, 0.15) is 24.2 Å². The number of hydrogen-bond acceptors (Lipinski definition) is 6. The quantitative estimate of drug-likeness (QED) is 0.837. The monoisotopic (exact) mass is 346 g/mol. The number of carboxylic acid groups (broad SMARTS) is 1. The van der Waals surface area contributed by atoms with E-state index in [2.05, 4.69) is 21.4 Å². The molecule has 0 unspecified atom stereocenters. The van der Waals surface area contributed by atoms with E-state index < -0.39 is 5.97 Å². The molecule has 6 nitrogen and oxygen atoms in total. The van der Waals surface area contributed by atoms with E-state index in [4.69, 9.17) is 5.11 Å². The average molecular weight is 346 g/mol. The van der Waals surface area contributed by atoms with Crippen LogP contribution in [0.3, 0.4) is 0 Å². The van der Waals surface area contributed by atoms with E-state index >= 15 is 0 Å². The van der Waals surface area contributed by atoms with Crippen LogP contribution >= 0.6 is 11.3 Å². The van der Waals surface area contributed by atoms with Crippen molar-refractivity contribution in [1.29, 1.82) is 0 Å². The first-order valence-electron chi connectivity index (χ1n) is 8.18. The Morgan fingerprint density at radius 3 is 2.83 bits per heavy atom. The average Bonchev–Trinajstić information content (AvgIpc) is 2.94. The Morgan fingerprint density at radius 1 is 1.38 bits per heavy atom. The molecular weight excluding hydrogens is 324 g/mol. The minimum Gasteiger partial charge on any atom is -0.480 e. The summed E-state index contributed by atoms with van der Waals surface area (Å²) in [5.41, 5.74) is 2.08. The molecule has 0 aromatic carbocycles. The molecule has 3 heterocycles. The summed E-state index contributed by atoms with van der Waals surface area (Å²) in [6.07, 6.45) is 2.99. The molecule has 3 rings (SSSR count). The molecule has 0 spiro atoms. The summed E-state index contributed by atoms with van der Waals surface area (Å²) in [5.74, 6) is 0.649. The number of aryl methyl sites for hydroxylation is 1. The fraction of sp³-hybridized carbons (Fsp3) is 0.471. The summed E-state index contributed by atoms with van der Waals surface area (Å²) in [5, 5.41) is 15.0. The number of pyridine rings is 1. The van der Waals surface area contributed by atoms with E-state index in [1.165, 1.54) is 0 Å². The maximum Gasteiger partial charge on any atom is 0.317 e. The predicted molar refractivity (Wildman–Crippen MR) is 94.9 cm³/mol. The van der Waals surface area contributed by atoms with Gasteiger partial charge in [-0.3, -0.25) is 9.69 Å². The van der Waals surface area contributed by atoms with Crippen LogP contribution in [0.2, 0.25) is 0 Å². The largest absolute Gasteiger partial charge is 0.480 e. The van der Waals surface area contributed by atoms with E-state index in [9.17, 15) is 4.79 Å². The highest BCUT2D eigenvalue weighted by molar-refractivity contribution is 7.13. The number of carboxylic acids is 1. The second kappa shape index (κ2) is 7.72. The molecule has 1 fully saturated rings. The van der Waals surface area contributed by atoms with Crippen LogP contribution in [0, 0.1) is 12.8 Å². The fourth-order valence-electron chi connectivity index (χ4n) is 3.02. The minimum absolute atomic E-state index is 0.150. The van der Waals surface area contributed by atoms with Crippen molar-refractivity contribution in [3.05, 3.63) is 35.0 Å². The molecule has 0 aliphatic carbocycles. The Hall–Kier alpha value is -1.99. The number of likely N-dealkylation sites (tertiary alicyclic amines) is 1. The summed E-state index contributed by atoms with van der Waals surface area (Å²) < 4.78 is 0. The molecule has 1 aliphatic heterocycles. The van der Waals surface area contributed by atoms with Crippen molar-refractivity contribution >= 4 is 28.3 Å². The number of thiazole rings is 1. The lowest BCUT2D eigenvalue weighted by Gasteiger charge is -2.30. The molecule has 2 aromatic rings. The number of nitrogens with zero attached hydrogens (tertiary/aromatic N) is 3. The molecule has 0 saturated carbocycles. The standard InChI is InChI=1S/C17H22N4O2S/c1-12-11-24-17(18-12)20-15-4-2-3-14(19-15)9-13-5-7-21(8-6-13)10-16(22)23/h2-4,11,13H,5-10H2,1H3,(H,22,23)(H,18,19,20). The Kier molecular flexibility index (Phi) is 5.42. The highest BCUT2D eigenvalue weighted by Crippen LogP contribution is 2.23. The van der Waals surface area contributed by atoms with Gasteiger partial charge < -0.3 is 10.4 Å². The van der Waals surface area contributed by atoms with Gasteiger partial charge in [-0.1, -0.05) is 6.07 Å². The van der Waals surface area contributed by atoms with Gasteiger partial charge in [-0.25, -0.2) is 9.97 Å². The van der Waals surface area contributed by atoms with Crippen molar-refractivity contribution in [2.75, 3.05) is 25.0 Å². The maximum absolute atomic E-state index is 10.8. The smallest absolute Gasteiger partial charge is 0.317 e. The molecular formula is C17H22N4O2S. The van der Waals surface area contributed by atoms with Gasteiger partial charge in [-0.2, -0.15) is 0 Å². The Balaban J connectivity index is 1.54. The summed E-state index contributed by atoms with van der Waals surface area (Å²) in [6, 6.07) is 6.03. The lowest BCUT2D eigenvalue weighted by Crippen LogP contribution is -2.37. The fourth-order valence-corrected chi connectivity index (χ4v) is 3.71. The van der Waals surface area contributed by atoms with E-state index in [0.717, 1.165) is 54.7 Å². The van der Waals surface area contributed by atoms with Crippen molar-refractivity contribution in [2.45, 2.75) is 26.2 Å². The number of aromatic nitrogens is 2. The molecule has 128 valence electrons. The first-order valence-corrected chi connectivity index (χ1v) is 9.05. The molecule has 2 aromatic heterocycles. The van der Waals surface area contributed by atoms with Gasteiger partial charge >= 0.3 is 5.97 Å². The van der Waals surface area contributed by atoms with E-state index in [1.54, 1.807) is 11.3 Å². The van der Waals surface area contributed by atoms with Gasteiger partial charge in [-0.05, 0) is 57.3 Å². The van der Waals surface area contributed by atoms with Crippen LogP contribution in [0.15, 0.2) is 23.6 Å². The SMILES string of the molecule is Cc1csc(Nc2cccc(CC3CCN(CC(=O)O)CC3)n2)n1. The van der Waals surface area contributed by atoms with Crippen molar-refractivity contribution in [3.63, 3.8) is 0 Å². The van der Waals surface area contributed by atoms with E-state index in [0.29, 0.717) is 5.92 Å². The molecule has 24 heavy (non-hydrogen) atoms. The summed E-state index contributed by atoms with van der Waals surface area (Å²) >= 11 is 1.58. The van der Waals surface area contributed by atoms with Crippen molar-refractivity contribution < 1.29 is 9.90 Å². The molecule has 1 saturated heterocycles. The number of rotatable bonds is 6. The van der Waals surface area contributed by atoms with Crippen molar-refractivity contribution in [2.24, 2.45) is 5.92 Å². The Morgan fingerprint density at radius 2 is 2.17 bits per heavy atom. The first kappa shape index (κ1) is 16.9. The molecule has 0 radical (unpaired) electrons. The van der Waals surface area contributed by atoms with Crippen molar-refractivity contribution in [3.8, 4) is 0 Å². The second-order valence-corrected chi connectivity index (χ2v) is 7.11. The summed E-state index contributed by atoms with van der Waals surface area (Å²) in [6.45, 7) is 3.83. The van der Waals surface area contributed by atoms with Gasteiger partial charge in [0.15, 0.2) is 5.13 Å². The van der Waals surface area contributed by atoms with Crippen LogP contribution in [-0.4, -0.2) is 45.6 Å². The molecule has 7 heteroatoms. The van der Waals surface area contributed by atoms with Gasteiger partial charge in [0.1, 0.15) is 5.82 Å². The topological polar surface area (TPSA) is 78.4 Å². The number of carbonyl (C=O) groups is 1. The number of aliphatic carboxylic acids is 1. The van der Waals surface area contributed by atoms with Gasteiger partial charge in [0.2, 0.25) is 0 Å². The maximum atomic E-state index is 10.8. The number of nitrogens with one attached hydrogen (secondary N) is 1. The van der Waals surface area contributed by atoms with Gasteiger partial charge in [-0.15, -0.1) is 11.3 Å². The van der Waals surface area contributed by atoms with Crippen LogP contribution in [0.25, 0.3) is 0 Å². The van der Waals surface area contributed by atoms with Gasteiger partial charge in [0.05, 0.1) is 12.2 Å². The zero-order valence-electron chi connectivity index (χ0n) is 13.7. The predicted octanol–water partition coefficient (Wildman–Crippen LogP) is 2.93. The lowest BCUT2D eigenvalue weighted by atomic mass is 9.92. The lowest BCUT2D eigenvalue weighted by molar-refractivity contribution is -0.138. The third-order valence-corrected chi connectivity index (χ3v) is 5.10. The molecule has 0 bridgehead atoms. The van der Waals surface area contributed by atoms with Crippen LogP contribution < -0.4 is 5.32 Å². The van der Waals surface area contributed by atoms with Gasteiger partial charge in [0.25, 0.3) is 0 Å². The Labute approximate surface area is 145 Å². The third-order valence-electron chi connectivity index (χ3n) is 4.22. The van der Waals surface area contributed by atoms with Crippen LogP contribution in [-0.2, 0) is 11.2 Å². The minimum atomic E-state index is -0.744. The van der Waals surface area contributed by atoms with E-state index in [1.807, 2.05) is 29.3 Å². The van der Waals surface area contributed by atoms with E-state index in [-0.39, 0.29) is 6.54 Å². The number of piperidine rings is 1. The number of hydrogen-bond donors (Lipinski definition) is 2. The third kappa shape index (κ3) is 4.75. The first-order chi connectivity index (χ1) is 11.6. The molecule has 2 N–H and O–H groups in total. The highest BCUT2D eigenvalue weighted by atomic mass is 32.1. The highest BCUT2D eigenvalue weighted by Gasteiger charge is 2.21. The zero-order chi connectivity index (χ0) is 16.9. The summed E-state index contributed by atoms with van der Waals surface area (Å²) in [7, 11) is 0. The van der Waals surface area contributed by atoms with Gasteiger partial charge in [0, 0.05) is 11.1 Å².